The largest absolute Gasteiger partial charge is 0.356 e. The number of rotatable bonds is 8. The number of fused-ring (bicyclic) bond motifs is 1. The zero-order valence-electron chi connectivity index (χ0n) is 21.5. The molecule has 1 aromatic heterocycles. The van der Waals surface area contributed by atoms with E-state index in [0.717, 1.165) is 19.0 Å². The second kappa shape index (κ2) is 11.5. The Balaban J connectivity index is 1.43. The van der Waals surface area contributed by atoms with E-state index in [0.29, 0.717) is 12.3 Å². The van der Waals surface area contributed by atoms with E-state index in [1.165, 1.54) is 91.8 Å². The Morgan fingerprint density at radius 1 is 0.914 bits per heavy atom. The van der Waals surface area contributed by atoms with Crippen molar-refractivity contribution in [3.8, 4) is 0 Å². The van der Waals surface area contributed by atoms with Crippen molar-refractivity contribution in [1.82, 2.24) is 9.88 Å². The van der Waals surface area contributed by atoms with Crippen molar-refractivity contribution in [2.24, 2.45) is 11.8 Å². The molecule has 1 N–H and O–H groups in total. The second-order valence-corrected chi connectivity index (χ2v) is 11.2. The van der Waals surface area contributed by atoms with Crippen molar-refractivity contribution >= 4 is 16.8 Å². The lowest BCUT2D eigenvalue weighted by molar-refractivity contribution is -0.121. The van der Waals surface area contributed by atoms with Crippen molar-refractivity contribution in [2.75, 3.05) is 6.54 Å². The molecular formula is C32H42N2O. The third-order valence-corrected chi connectivity index (χ3v) is 8.52. The molecule has 0 radical (unpaired) electrons. The summed E-state index contributed by atoms with van der Waals surface area (Å²) in [7, 11) is 0. The molecule has 0 spiro atoms. The molecule has 1 unspecified atom stereocenters. The number of nitrogens with one attached hydrogen (secondary N) is 1. The van der Waals surface area contributed by atoms with Gasteiger partial charge in [-0.1, -0.05) is 86.6 Å². The van der Waals surface area contributed by atoms with E-state index in [2.05, 4.69) is 71.5 Å². The third kappa shape index (κ3) is 6.00. The number of benzene rings is 2. The van der Waals surface area contributed by atoms with E-state index >= 15 is 0 Å². The quantitative estimate of drug-likeness (QED) is 0.359. The smallest absolute Gasteiger partial charge is 0.220 e. The van der Waals surface area contributed by atoms with E-state index < -0.39 is 0 Å². The lowest BCUT2D eigenvalue weighted by Gasteiger charge is -2.23. The summed E-state index contributed by atoms with van der Waals surface area (Å²) in [5.74, 6) is 1.68. The summed E-state index contributed by atoms with van der Waals surface area (Å²) < 4.78 is 2.49. The standard InChI is InChI=1S/C32H42N2O/c1-24-11-10-16-27(19-24)29(20-32(35)33-21-25-12-4-2-5-13-25)30-23-34(22-26-14-6-3-7-15-26)31-18-9-8-17-28(30)31/h8-11,16-19,23,25-26,29H,2-7,12-15,20-22H2,1H3,(H,33,35). The zero-order valence-corrected chi connectivity index (χ0v) is 21.5. The highest BCUT2D eigenvalue weighted by Crippen LogP contribution is 2.36. The molecular weight excluding hydrogens is 428 g/mol. The number of amides is 1. The zero-order chi connectivity index (χ0) is 24.0. The highest BCUT2D eigenvalue weighted by atomic mass is 16.1. The van der Waals surface area contributed by atoms with Crippen molar-refractivity contribution in [2.45, 2.75) is 90.0 Å². The van der Waals surface area contributed by atoms with Crippen molar-refractivity contribution in [3.05, 3.63) is 71.4 Å². The van der Waals surface area contributed by atoms with E-state index in [1.54, 1.807) is 0 Å². The van der Waals surface area contributed by atoms with E-state index in [9.17, 15) is 4.79 Å². The van der Waals surface area contributed by atoms with E-state index in [4.69, 9.17) is 0 Å². The predicted octanol–water partition coefficient (Wildman–Crippen LogP) is 7.75. The van der Waals surface area contributed by atoms with Crippen molar-refractivity contribution in [1.29, 1.82) is 0 Å². The number of carbonyl (C=O) groups excluding carboxylic acids is 1. The lowest BCUT2D eigenvalue weighted by atomic mass is 9.87. The number of carbonyl (C=O) groups is 1. The van der Waals surface area contributed by atoms with Crippen LogP contribution in [0.2, 0.25) is 0 Å². The fourth-order valence-electron chi connectivity index (χ4n) is 6.55. The summed E-state index contributed by atoms with van der Waals surface area (Å²) in [6.45, 7) is 4.08. The molecule has 2 fully saturated rings. The normalized spacial score (nSPS) is 18.5. The molecule has 186 valence electrons. The molecule has 2 aromatic carbocycles. The maximum absolute atomic E-state index is 13.3. The third-order valence-electron chi connectivity index (χ3n) is 8.52. The monoisotopic (exact) mass is 470 g/mol. The SMILES string of the molecule is Cc1cccc(C(CC(=O)NCC2CCCCC2)c2cn(CC3CCCCC3)c3ccccc23)c1. The molecule has 35 heavy (non-hydrogen) atoms. The summed E-state index contributed by atoms with van der Waals surface area (Å²) in [5, 5.41) is 4.61. The Labute approximate surface area is 211 Å². The van der Waals surface area contributed by atoms with Crippen molar-refractivity contribution in [3.63, 3.8) is 0 Å². The molecule has 0 bridgehead atoms. The molecule has 2 saturated carbocycles. The molecule has 1 atom stereocenters. The van der Waals surface area contributed by atoms with Crippen LogP contribution in [0.25, 0.3) is 10.9 Å². The van der Waals surface area contributed by atoms with Crippen LogP contribution in [0.4, 0.5) is 0 Å². The van der Waals surface area contributed by atoms with Crippen LogP contribution >= 0.6 is 0 Å². The average Bonchev–Trinajstić information content (AvgIpc) is 3.25. The first kappa shape index (κ1) is 24.2. The number of para-hydroxylation sites is 1. The number of hydrogen-bond donors (Lipinski definition) is 1. The molecule has 5 rings (SSSR count). The Hall–Kier alpha value is -2.55. The summed E-state index contributed by atoms with van der Waals surface area (Å²) in [4.78, 5) is 13.3. The van der Waals surface area contributed by atoms with Crippen LogP contribution in [0.5, 0.6) is 0 Å². The molecule has 2 aliphatic rings. The maximum Gasteiger partial charge on any atom is 0.220 e. The summed E-state index contributed by atoms with van der Waals surface area (Å²) >= 11 is 0. The van der Waals surface area contributed by atoms with Gasteiger partial charge in [0, 0.05) is 42.5 Å². The first-order chi connectivity index (χ1) is 17.2. The molecule has 3 heteroatoms. The molecule has 0 aliphatic heterocycles. The summed E-state index contributed by atoms with van der Waals surface area (Å²) in [6.07, 6.45) is 16.2. The molecule has 3 nitrogen and oxygen atoms in total. The highest BCUT2D eigenvalue weighted by Gasteiger charge is 2.25. The molecule has 0 saturated heterocycles. The Morgan fingerprint density at radius 2 is 1.63 bits per heavy atom. The van der Waals surface area contributed by atoms with Gasteiger partial charge in [0.2, 0.25) is 5.91 Å². The number of aromatic nitrogens is 1. The van der Waals surface area contributed by atoms with Gasteiger partial charge in [0.05, 0.1) is 0 Å². The maximum atomic E-state index is 13.3. The van der Waals surface area contributed by atoms with Gasteiger partial charge in [0.1, 0.15) is 0 Å². The topological polar surface area (TPSA) is 34.0 Å². The lowest BCUT2D eigenvalue weighted by Crippen LogP contribution is -2.31. The Morgan fingerprint density at radius 3 is 2.37 bits per heavy atom. The first-order valence-corrected chi connectivity index (χ1v) is 14.1. The summed E-state index contributed by atoms with van der Waals surface area (Å²) in [5.41, 5.74) is 5.11. The Bertz CT molecular complexity index is 1120. The number of aryl methyl sites for hydroxylation is 1. The molecule has 1 amide bonds. The minimum atomic E-state index is 0.0683. The minimum Gasteiger partial charge on any atom is -0.356 e. The predicted molar refractivity (Wildman–Crippen MR) is 146 cm³/mol. The second-order valence-electron chi connectivity index (χ2n) is 11.2. The Kier molecular flexibility index (Phi) is 7.91. The van der Waals surface area contributed by atoms with Gasteiger partial charge < -0.3 is 9.88 Å². The van der Waals surface area contributed by atoms with Gasteiger partial charge in [-0.2, -0.15) is 0 Å². The van der Waals surface area contributed by atoms with Gasteiger partial charge in [0.15, 0.2) is 0 Å². The van der Waals surface area contributed by atoms with E-state index in [1.807, 2.05) is 0 Å². The first-order valence-electron chi connectivity index (χ1n) is 14.1. The average molecular weight is 471 g/mol. The fourth-order valence-corrected chi connectivity index (χ4v) is 6.55. The van der Waals surface area contributed by atoms with Gasteiger partial charge in [-0.25, -0.2) is 0 Å². The number of nitrogens with zero attached hydrogens (tertiary/aromatic N) is 1. The van der Waals surface area contributed by atoms with Gasteiger partial charge >= 0.3 is 0 Å². The highest BCUT2D eigenvalue weighted by molar-refractivity contribution is 5.86. The van der Waals surface area contributed by atoms with Crippen LogP contribution in [0.1, 0.15) is 93.2 Å². The van der Waals surface area contributed by atoms with Crippen LogP contribution in [-0.2, 0) is 11.3 Å². The van der Waals surface area contributed by atoms with Crippen LogP contribution in [-0.4, -0.2) is 17.0 Å². The minimum absolute atomic E-state index is 0.0683. The van der Waals surface area contributed by atoms with Crippen LogP contribution < -0.4 is 5.32 Å². The fraction of sp³-hybridized carbons (Fsp3) is 0.531. The number of hydrogen-bond acceptors (Lipinski definition) is 1. The molecule has 1 heterocycles. The molecule has 2 aliphatic carbocycles. The van der Waals surface area contributed by atoms with Crippen molar-refractivity contribution < 1.29 is 4.79 Å². The van der Waals surface area contributed by atoms with Crippen LogP contribution in [0.15, 0.2) is 54.7 Å². The van der Waals surface area contributed by atoms with Crippen LogP contribution in [0, 0.1) is 18.8 Å². The van der Waals surface area contributed by atoms with Crippen LogP contribution in [0.3, 0.4) is 0 Å². The van der Waals surface area contributed by atoms with E-state index in [-0.39, 0.29) is 11.8 Å². The van der Waals surface area contributed by atoms with Gasteiger partial charge in [-0.05, 0) is 61.6 Å². The molecule has 3 aromatic rings. The van der Waals surface area contributed by atoms with Gasteiger partial charge in [-0.3, -0.25) is 4.79 Å². The summed E-state index contributed by atoms with van der Waals surface area (Å²) in [6, 6.07) is 17.6. The van der Waals surface area contributed by atoms with Gasteiger partial charge in [0.25, 0.3) is 0 Å². The van der Waals surface area contributed by atoms with Gasteiger partial charge in [-0.15, -0.1) is 0 Å².